The molecule has 2 aromatic rings. The summed E-state index contributed by atoms with van der Waals surface area (Å²) in [6.45, 7) is 6.07. The highest BCUT2D eigenvalue weighted by Gasteiger charge is 2.18. The van der Waals surface area contributed by atoms with Crippen LogP contribution in [0.3, 0.4) is 0 Å². The minimum atomic E-state index is -0.997. The number of hydrogen-bond donors (Lipinski definition) is 1. The summed E-state index contributed by atoms with van der Waals surface area (Å²) < 4.78 is 6.99. The van der Waals surface area contributed by atoms with Crippen molar-refractivity contribution in [3.8, 4) is 17.1 Å². The average Bonchev–Trinajstić information content (AvgIpc) is 2.87. The second kappa shape index (κ2) is 4.96. The van der Waals surface area contributed by atoms with Crippen LogP contribution < -0.4 is 4.74 Å². The minimum absolute atomic E-state index is 0.167. The topological polar surface area (TPSA) is 77.2 Å². The quantitative estimate of drug-likeness (QED) is 0.930. The molecule has 0 aliphatic heterocycles. The van der Waals surface area contributed by atoms with E-state index < -0.39 is 5.97 Å². The highest BCUT2D eigenvalue weighted by molar-refractivity contribution is 5.89. The molecule has 0 aliphatic carbocycles. The third-order valence-corrected chi connectivity index (χ3v) is 2.87. The molecule has 0 saturated heterocycles. The van der Waals surface area contributed by atoms with E-state index in [0.717, 1.165) is 0 Å². The van der Waals surface area contributed by atoms with Gasteiger partial charge in [0.25, 0.3) is 0 Å². The van der Waals surface area contributed by atoms with E-state index in [0.29, 0.717) is 17.1 Å². The van der Waals surface area contributed by atoms with Crippen molar-refractivity contribution < 1.29 is 14.6 Å². The van der Waals surface area contributed by atoms with Gasteiger partial charge in [-0.25, -0.2) is 14.5 Å². The first-order valence-corrected chi connectivity index (χ1v) is 6.17. The number of benzene rings is 1. The molecule has 0 bridgehead atoms. The molecule has 0 aliphatic rings. The summed E-state index contributed by atoms with van der Waals surface area (Å²) in [6, 6.07) is 4.64. The van der Waals surface area contributed by atoms with Gasteiger partial charge in [0.1, 0.15) is 12.1 Å². The molecule has 0 radical (unpaired) electrons. The molecule has 1 aromatic carbocycles. The van der Waals surface area contributed by atoms with E-state index in [-0.39, 0.29) is 11.1 Å². The summed E-state index contributed by atoms with van der Waals surface area (Å²) in [6.07, 6.45) is 1.65. The Bertz CT molecular complexity index is 641. The van der Waals surface area contributed by atoms with Gasteiger partial charge in [-0.3, -0.25) is 0 Å². The average molecular weight is 275 g/mol. The summed E-state index contributed by atoms with van der Waals surface area (Å²) in [5.74, 6) is -0.0479. The van der Waals surface area contributed by atoms with Crippen LogP contribution in [0.25, 0.3) is 11.4 Å². The van der Waals surface area contributed by atoms with Gasteiger partial charge in [0.05, 0.1) is 23.8 Å². The molecule has 0 saturated carbocycles. The van der Waals surface area contributed by atoms with Gasteiger partial charge >= 0.3 is 5.97 Å². The predicted octanol–water partition coefficient (Wildman–Crippen LogP) is 2.41. The van der Waals surface area contributed by atoms with Crippen molar-refractivity contribution in [2.75, 3.05) is 7.11 Å². The Balaban J connectivity index is 2.47. The SMILES string of the molecule is COc1cc(C(=O)O)ccc1-c1ncn(C(C)(C)C)n1. The lowest BCUT2D eigenvalue weighted by Crippen LogP contribution is -2.22. The van der Waals surface area contributed by atoms with E-state index in [2.05, 4.69) is 10.1 Å². The molecule has 0 fully saturated rings. The van der Waals surface area contributed by atoms with Gasteiger partial charge < -0.3 is 9.84 Å². The van der Waals surface area contributed by atoms with Gasteiger partial charge in [-0.05, 0) is 39.0 Å². The van der Waals surface area contributed by atoms with Crippen LogP contribution in [0.15, 0.2) is 24.5 Å². The number of methoxy groups -OCH3 is 1. The van der Waals surface area contributed by atoms with Crippen LogP contribution >= 0.6 is 0 Å². The first-order valence-electron chi connectivity index (χ1n) is 6.17. The zero-order valence-electron chi connectivity index (χ0n) is 11.9. The number of nitrogens with zero attached hydrogens (tertiary/aromatic N) is 3. The second-order valence-electron chi connectivity index (χ2n) is 5.40. The Kier molecular flexibility index (Phi) is 3.48. The number of rotatable bonds is 3. The third kappa shape index (κ3) is 2.64. The van der Waals surface area contributed by atoms with Crippen LogP contribution in [0.5, 0.6) is 5.75 Å². The molecule has 0 spiro atoms. The molecule has 6 nitrogen and oxygen atoms in total. The summed E-state index contributed by atoms with van der Waals surface area (Å²) in [5.41, 5.74) is 0.667. The van der Waals surface area contributed by atoms with Gasteiger partial charge in [0.2, 0.25) is 0 Å². The third-order valence-electron chi connectivity index (χ3n) is 2.87. The Morgan fingerprint density at radius 2 is 2.05 bits per heavy atom. The van der Waals surface area contributed by atoms with Crippen molar-refractivity contribution >= 4 is 5.97 Å². The zero-order chi connectivity index (χ0) is 14.9. The number of aromatic carboxylic acids is 1. The van der Waals surface area contributed by atoms with E-state index in [9.17, 15) is 4.79 Å². The van der Waals surface area contributed by atoms with E-state index in [1.54, 1.807) is 17.1 Å². The largest absolute Gasteiger partial charge is 0.496 e. The molecule has 0 amide bonds. The first kappa shape index (κ1) is 14.0. The molecular formula is C14H17N3O3. The maximum Gasteiger partial charge on any atom is 0.335 e. The Morgan fingerprint density at radius 1 is 1.35 bits per heavy atom. The number of carboxylic acids is 1. The lowest BCUT2D eigenvalue weighted by atomic mass is 10.1. The van der Waals surface area contributed by atoms with Crippen LogP contribution in [0.1, 0.15) is 31.1 Å². The highest BCUT2D eigenvalue weighted by Crippen LogP contribution is 2.29. The van der Waals surface area contributed by atoms with E-state index in [4.69, 9.17) is 9.84 Å². The molecule has 106 valence electrons. The number of hydrogen-bond acceptors (Lipinski definition) is 4. The second-order valence-corrected chi connectivity index (χ2v) is 5.40. The fourth-order valence-electron chi connectivity index (χ4n) is 1.72. The minimum Gasteiger partial charge on any atom is -0.496 e. The number of carbonyl (C=O) groups is 1. The maximum atomic E-state index is 11.0. The molecule has 6 heteroatoms. The van der Waals surface area contributed by atoms with E-state index in [1.807, 2.05) is 20.8 Å². The molecule has 1 aromatic heterocycles. The normalized spacial score (nSPS) is 11.4. The Labute approximate surface area is 117 Å². The smallest absolute Gasteiger partial charge is 0.335 e. The molecule has 1 heterocycles. The van der Waals surface area contributed by atoms with Gasteiger partial charge in [-0.15, -0.1) is 0 Å². The summed E-state index contributed by atoms with van der Waals surface area (Å²) >= 11 is 0. The Hall–Kier alpha value is -2.37. The lowest BCUT2D eigenvalue weighted by Gasteiger charge is -2.17. The standard InChI is InChI=1S/C14H17N3O3/c1-14(2,3)17-8-15-12(16-17)10-6-5-9(13(18)19)7-11(10)20-4/h5-8H,1-4H3,(H,18,19). The fraction of sp³-hybridized carbons (Fsp3) is 0.357. The fourth-order valence-corrected chi connectivity index (χ4v) is 1.72. The van der Waals surface area contributed by atoms with Crippen molar-refractivity contribution in [3.05, 3.63) is 30.1 Å². The summed E-state index contributed by atoms with van der Waals surface area (Å²) in [7, 11) is 1.49. The number of carboxylic acid groups (broad SMARTS) is 1. The van der Waals surface area contributed by atoms with Crippen molar-refractivity contribution in [3.63, 3.8) is 0 Å². The molecular weight excluding hydrogens is 258 g/mol. The van der Waals surface area contributed by atoms with Crippen LogP contribution in [0, 0.1) is 0 Å². The van der Waals surface area contributed by atoms with E-state index >= 15 is 0 Å². The van der Waals surface area contributed by atoms with Crippen molar-refractivity contribution in [1.29, 1.82) is 0 Å². The molecule has 0 atom stereocenters. The molecule has 1 N–H and O–H groups in total. The Morgan fingerprint density at radius 3 is 2.55 bits per heavy atom. The zero-order valence-corrected chi connectivity index (χ0v) is 11.9. The van der Waals surface area contributed by atoms with Crippen LogP contribution in [0.4, 0.5) is 0 Å². The number of ether oxygens (including phenoxy) is 1. The first-order chi connectivity index (χ1) is 9.32. The maximum absolute atomic E-state index is 11.0. The van der Waals surface area contributed by atoms with Crippen molar-refractivity contribution in [2.24, 2.45) is 0 Å². The highest BCUT2D eigenvalue weighted by atomic mass is 16.5. The summed E-state index contributed by atoms with van der Waals surface area (Å²) in [5, 5.41) is 13.4. The molecule has 0 unspecified atom stereocenters. The van der Waals surface area contributed by atoms with Gasteiger partial charge in [0, 0.05) is 0 Å². The predicted molar refractivity (Wildman–Crippen MR) is 74.0 cm³/mol. The molecule has 20 heavy (non-hydrogen) atoms. The lowest BCUT2D eigenvalue weighted by molar-refractivity contribution is 0.0696. The number of aromatic nitrogens is 3. The van der Waals surface area contributed by atoms with Crippen LogP contribution in [-0.4, -0.2) is 33.0 Å². The van der Waals surface area contributed by atoms with Gasteiger partial charge in [0.15, 0.2) is 5.82 Å². The van der Waals surface area contributed by atoms with Gasteiger partial charge in [-0.2, -0.15) is 5.10 Å². The van der Waals surface area contributed by atoms with Crippen molar-refractivity contribution in [1.82, 2.24) is 14.8 Å². The van der Waals surface area contributed by atoms with Crippen LogP contribution in [-0.2, 0) is 5.54 Å². The van der Waals surface area contributed by atoms with E-state index in [1.165, 1.54) is 19.2 Å². The van der Waals surface area contributed by atoms with Crippen LogP contribution in [0.2, 0.25) is 0 Å². The molecule has 2 rings (SSSR count). The van der Waals surface area contributed by atoms with Crippen molar-refractivity contribution in [2.45, 2.75) is 26.3 Å². The monoisotopic (exact) mass is 275 g/mol. The summed E-state index contributed by atoms with van der Waals surface area (Å²) in [4.78, 5) is 15.2. The van der Waals surface area contributed by atoms with Gasteiger partial charge in [-0.1, -0.05) is 0 Å².